The molecule has 0 fully saturated rings. The largest absolute Gasteiger partial charge is 0.507 e. The number of hydrogen-bond acceptors (Lipinski definition) is 5. The lowest BCUT2D eigenvalue weighted by Gasteiger charge is -2.32. The Kier molecular flexibility index (Phi) is 3.35. The summed E-state index contributed by atoms with van der Waals surface area (Å²) in [5.41, 5.74) is 2.69. The zero-order valence-electron chi connectivity index (χ0n) is 11.3. The van der Waals surface area contributed by atoms with E-state index < -0.39 is 0 Å². The highest BCUT2D eigenvalue weighted by molar-refractivity contribution is 5.55. The highest BCUT2D eigenvalue weighted by Gasteiger charge is 2.31. The number of phenolic OH excluding ortho intramolecular Hbond substituents is 1. The lowest BCUT2D eigenvalue weighted by atomic mass is 9.93. The summed E-state index contributed by atoms with van der Waals surface area (Å²) in [6.07, 6.45) is 0.959. The molecule has 5 heteroatoms. The van der Waals surface area contributed by atoms with Gasteiger partial charge in [-0.25, -0.2) is 0 Å². The van der Waals surface area contributed by atoms with Gasteiger partial charge < -0.3 is 14.7 Å². The molecule has 0 saturated heterocycles. The Morgan fingerprint density at radius 2 is 2.32 bits per heavy atom. The summed E-state index contributed by atoms with van der Waals surface area (Å²) in [7, 11) is 2.03. The molecule has 1 aromatic carbocycles. The number of nitrogens with zero attached hydrogens (tertiary/aromatic N) is 1. The molecule has 5 nitrogen and oxygen atoms in total. The van der Waals surface area contributed by atoms with Gasteiger partial charge in [-0.15, -0.1) is 0 Å². The van der Waals surface area contributed by atoms with Gasteiger partial charge in [-0.1, -0.05) is 6.92 Å². The third-order valence-electron chi connectivity index (χ3n) is 3.63. The Hall–Kier alpha value is -1.30. The topological polar surface area (TPSA) is 51.2 Å². The first-order valence-electron chi connectivity index (χ1n) is 6.68. The van der Waals surface area contributed by atoms with Crippen LogP contribution in [0.3, 0.4) is 0 Å². The van der Waals surface area contributed by atoms with Gasteiger partial charge in [0.15, 0.2) is 5.75 Å². The van der Waals surface area contributed by atoms with Crippen LogP contribution in [0.5, 0.6) is 11.5 Å². The minimum atomic E-state index is -0.0194. The van der Waals surface area contributed by atoms with Crippen LogP contribution in [0.4, 0.5) is 0 Å². The van der Waals surface area contributed by atoms with Crippen molar-refractivity contribution in [3.05, 3.63) is 22.8 Å². The molecule has 0 radical (unpaired) electrons. The Morgan fingerprint density at radius 3 is 3.11 bits per heavy atom. The maximum absolute atomic E-state index is 10.4. The minimum Gasteiger partial charge on any atom is -0.507 e. The molecule has 0 saturated carbocycles. The fourth-order valence-corrected chi connectivity index (χ4v) is 2.69. The number of ether oxygens (including phenoxy) is 1. The summed E-state index contributed by atoms with van der Waals surface area (Å²) in [6, 6.07) is 1.95. The Labute approximate surface area is 112 Å². The van der Waals surface area contributed by atoms with Gasteiger partial charge in [-0.05, 0) is 25.1 Å². The van der Waals surface area contributed by atoms with Crippen molar-refractivity contribution in [1.29, 1.82) is 0 Å². The first-order chi connectivity index (χ1) is 9.20. The number of hydrogen-bond donors (Lipinski definition) is 1. The Morgan fingerprint density at radius 1 is 1.47 bits per heavy atom. The van der Waals surface area contributed by atoms with Crippen molar-refractivity contribution < 1.29 is 19.6 Å². The molecule has 1 aromatic rings. The maximum atomic E-state index is 10.4. The second-order valence-electron chi connectivity index (χ2n) is 5.17. The normalized spacial score (nSPS) is 21.9. The maximum Gasteiger partial charge on any atom is 0.175 e. The lowest BCUT2D eigenvalue weighted by molar-refractivity contribution is -0.194. The van der Waals surface area contributed by atoms with Crippen LogP contribution in [0.15, 0.2) is 6.07 Å². The van der Waals surface area contributed by atoms with Crippen molar-refractivity contribution >= 4 is 0 Å². The predicted octanol–water partition coefficient (Wildman–Crippen LogP) is 2.13. The summed E-state index contributed by atoms with van der Waals surface area (Å²) in [5, 5.41) is 10.4. The fraction of sp³-hybridized carbons (Fsp3) is 0.571. The molecule has 19 heavy (non-hydrogen) atoms. The van der Waals surface area contributed by atoms with Gasteiger partial charge in [0.05, 0.1) is 11.7 Å². The molecule has 1 atom stereocenters. The molecule has 0 aliphatic carbocycles. The Bertz CT molecular complexity index is 489. The van der Waals surface area contributed by atoms with E-state index in [1.807, 2.05) is 13.1 Å². The van der Waals surface area contributed by atoms with Crippen LogP contribution in [0.1, 0.15) is 36.1 Å². The average Bonchev–Trinajstić information content (AvgIpc) is 2.86. The number of aromatic hydroxyl groups is 1. The highest BCUT2D eigenvalue weighted by atomic mass is 17.2. The minimum absolute atomic E-state index is 0.0194. The first-order valence-corrected chi connectivity index (χ1v) is 6.68. The van der Waals surface area contributed by atoms with Crippen LogP contribution < -0.4 is 4.89 Å². The zero-order chi connectivity index (χ0) is 13.4. The molecule has 0 aromatic heterocycles. The Balaban J connectivity index is 2.01. The molecule has 2 aliphatic rings. The van der Waals surface area contributed by atoms with E-state index in [2.05, 4.69) is 11.8 Å². The molecular weight excluding hydrogens is 246 g/mol. The van der Waals surface area contributed by atoms with E-state index >= 15 is 0 Å². The number of rotatable bonds is 3. The third kappa shape index (κ3) is 2.18. The van der Waals surface area contributed by atoms with Crippen molar-refractivity contribution in [1.82, 2.24) is 4.90 Å². The van der Waals surface area contributed by atoms with E-state index in [1.54, 1.807) is 0 Å². The number of likely N-dealkylation sites (N-methyl/N-ethyl adjacent to an activating group) is 1. The standard InChI is InChI=1S/C14H19NO4/c1-3-4-17-13-7-15(2)6-10-9(13)5-12-11(14(10)16)8-18-19-12/h5,13,16H,3-4,6-8H2,1-2H3. The molecule has 2 heterocycles. The molecule has 0 bridgehead atoms. The van der Waals surface area contributed by atoms with Gasteiger partial charge in [0.2, 0.25) is 0 Å². The highest BCUT2D eigenvalue weighted by Crippen LogP contribution is 2.43. The van der Waals surface area contributed by atoms with Gasteiger partial charge >= 0.3 is 0 Å². The van der Waals surface area contributed by atoms with Gasteiger partial charge in [0.25, 0.3) is 0 Å². The van der Waals surface area contributed by atoms with Gasteiger partial charge in [-0.2, -0.15) is 4.89 Å². The van der Waals surface area contributed by atoms with Crippen LogP contribution in [-0.2, 0) is 22.8 Å². The monoisotopic (exact) mass is 265 g/mol. The van der Waals surface area contributed by atoms with Gasteiger partial charge in [0.1, 0.15) is 12.4 Å². The molecule has 0 spiro atoms. The van der Waals surface area contributed by atoms with Crippen molar-refractivity contribution in [3.63, 3.8) is 0 Å². The van der Waals surface area contributed by atoms with Crippen LogP contribution >= 0.6 is 0 Å². The summed E-state index contributed by atoms with van der Waals surface area (Å²) in [4.78, 5) is 12.2. The van der Waals surface area contributed by atoms with E-state index in [-0.39, 0.29) is 6.10 Å². The van der Waals surface area contributed by atoms with E-state index in [0.29, 0.717) is 24.7 Å². The molecule has 1 unspecified atom stereocenters. The van der Waals surface area contributed by atoms with Crippen LogP contribution in [0.25, 0.3) is 0 Å². The summed E-state index contributed by atoms with van der Waals surface area (Å²) >= 11 is 0. The third-order valence-corrected chi connectivity index (χ3v) is 3.63. The van der Waals surface area contributed by atoms with Crippen molar-refractivity contribution in [3.8, 4) is 11.5 Å². The van der Waals surface area contributed by atoms with E-state index in [0.717, 1.165) is 36.2 Å². The van der Waals surface area contributed by atoms with E-state index in [1.165, 1.54) is 0 Å². The number of benzene rings is 1. The van der Waals surface area contributed by atoms with Crippen LogP contribution in [0, 0.1) is 0 Å². The van der Waals surface area contributed by atoms with Crippen LogP contribution in [0.2, 0.25) is 0 Å². The molecule has 2 aliphatic heterocycles. The molecule has 1 N–H and O–H groups in total. The summed E-state index contributed by atoms with van der Waals surface area (Å²) in [5.74, 6) is 0.910. The summed E-state index contributed by atoms with van der Waals surface area (Å²) < 4.78 is 5.89. The first kappa shape index (κ1) is 12.7. The van der Waals surface area contributed by atoms with Crippen molar-refractivity contribution in [2.45, 2.75) is 32.6 Å². The lowest BCUT2D eigenvalue weighted by Crippen LogP contribution is -2.32. The quantitative estimate of drug-likeness (QED) is 0.848. The van der Waals surface area contributed by atoms with E-state index in [4.69, 9.17) is 14.5 Å². The predicted molar refractivity (Wildman–Crippen MR) is 68.8 cm³/mol. The second-order valence-corrected chi connectivity index (χ2v) is 5.17. The summed E-state index contributed by atoms with van der Waals surface area (Å²) in [6.45, 7) is 4.66. The zero-order valence-corrected chi connectivity index (χ0v) is 11.3. The molecule has 0 amide bonds. The fourth-order valence-electron chi connectivity index (χ4n) is 2.69. The molecule has 104 valence electrons. The van der Waals surface area contributed by atoms with Gasteiger partial charge in [-0.3, -0.25) is 4.90 Å². The van der Waals surface area contributed by atoms with E-state index in [9.17, 15) is 5.11 Å². The second kappa shape index (κ2) is 5.00. The SMILES string of the molecule is CCCOC1CN(C)Cc2c1cc1c(c2O)COO1. The number of fused-ring (bicyclic) bond motifs is 2. The van der Waals surface area contributed by atoms with Gasteiger partial charge in [0, 0.05) is 25.3 Å². The van der Waals surface area contributed by atoms with Crippen molar-refractivity contribution in [2.75, 3.05) is 20.2 Å². The van der Waals surface area contributed by atoms with Crippen LogP contribution in [-0.4, -0.2) is 30.2 Å². The molecule has 3 rings (SSSR count). The smallest absolute Gasteiger partial charge is 0.175 e. The average molecular weight is 265 g/mol. The van der Waals surface area contributed by atoms with Crippen molar-refractivity contribution in [2.24, 2.45) is 0 Å². The number of phenols is 1. The molecular formula is C14H19NO4.